The molecular formula is C19H17F2N7O. The van der Waals surface area contributed by atoms with Gasteiger partial charge in [0.1, 0.15) is 29.4 Å². The highest BCUT2D eigenvalue weighted by Gasteiger charge is 2.23. The van der Waals surface area contributed by atoms with Crippen molar-refractivity contribution in [2.75, 3.05) is 38.2 Å². The maximum absolute atomic E-state index is 15.2. The van der Waals surface area contributed by atoms with Crippen LogP contribution in [0.2, 0.25) is 0 Å². The van der Waals surface area contributed by atoms with Gasteiger partial charge in [-0.05, 0) is 18.2 Å². The summed E-state index contributed by atoms with van der Waals surface area (Å²) in [6.07, 6.45) is 1.46. The molecule has 0 saturated carbocycles. The molecule has 0 amide bonds. The molecule has 3 aromatic heterocycles. The zero-order valence-electron chi connectivity index (χ0n) is 15.6. The molecule has 4 heterocycles. The number of fused-ring (bicyclic) bond motifs is 3. The van der Waals surface area contributed by atoms with Crippen molar-refractivity contribution in [3.8, 4) is 17.0 Å². The lowest BCUT2D eigenvalue weighted by molar-refractivity contribution is 0.413. The molecule has 148 valence electrons. The van der Waals surface area contributed by atoms with Gasteiger partial charge in [-0.25, -0.2) is 18.2 Å². The number of hydrogen-bond acceptors (Lipinski definition) is 7. The highest BCUT2D eigenvalue weighted by atomic mass is 19.1. The SMILES string of the molecule is COc1cccc(F)c1-c1nc2c(cc1F)c(N1CCNCC1)nc1nncn12. The average molecular weight is 397 g/mol. The Balaban J connectivity index is 1.81. The molecular weight excluding hydrogens is 380 g/mol. The molecule has 0 spiro atoms. The van der Waals surface area contributed by atoms with Gasteiger partial charge in [0.15, 0.2) is 11.5 Å². The lowest BCUT2D eigenvalue weighted by Gasteiger charge is -2.29. The van der Waals surface area contributed by atoms with Crippen LogP contribution in [-0.2, 0) is 0 Å². The van der Waals surface area contributed by atoms with Crippen LogP contribution >= 0.6 is 0 Å². The molecule has 0 atom stereocenters. The molecule has 1 aliphatic rings. The van der Waals surface area contributed by atoms with E-state index in [4.69, 9.17) is 4.74 Å². The highest BCUT2D eigenvalue weighted by molar-refractivity contribution is 5.91. The fourth-order valence-electron chi connectivity index (χ4n) is 3.63. The number of methoxy groups -OCH3 is 1. The number of piperazine rings is 1. The molecule has 10 heteroatoms. The normalized spacial score (nSPS) is 14.7. The van der Waals surface area contributed by atoms with Crippen molar-refractivity contribution in [3.05, 3.63) is 42.2 Å². The van der Waals surface area contributed by atoms with Crippen LogP contribution in [0.25, 0.3) is 28.1 Å². The van der Waals surface area contributed by atoms with E-state index >= 15 is 4.39 Å². The molecule has 4 aromatic rings. The van der Waals surface area contributed by atoms with E-state index < -0.39 is 11.6 Å². The number of nitrogens with zero attached hydrogens (tertiary/aromatic N) is 6. The van der Waals surface area contributed by atoms with E-state index in [1.54, 1.807) is 10.5 Å². The van der Waals surface area contributed by atoms with E-state index in [0.29, 0.717) is 22.6 Å². The molecule has 1 fully saturated rings. The Kier molecular flexibility index (Phi) is 4.20. The van der Waals surface area contributed by atoms with Crippen LogP contribution in [0.3, 0.4) is 0 Å². The maximum Gasteiger partial charge on any atom is 0.258 e. The van der Waals surface area contributed by atoms with Crippen LogP contribution in [0.4, 0.5) is 14.6 Å². The number of hydrogen-bond donors (Lipinski definition) is 1. The zero-order valence-corrected chi connectivity index (χ0v) is 15.6. The molecule has 29 heavy (non-hydrogen) atoms. The predicted molar refractivity (Wildman–Crippen MR) is 103 cm³/mol. The number of nitrogens with one attached hydrogen (secondary N) is 1. The number of halogens is 2. The smallest absolute Gasteiger partial charge is 0.258 e. The summed E-state index contributed by atoms with van der Waals surface area (Å²) in [5, 5.41) is 11.7. The van der Waals surface area contributed by atoms with Gasteiger partial charge in [0.05, 0.1) is 18.1 Å². The van der Waals surface area contributed by atoms with Crippen LogP contribution in [0.1, 0.15) is 0 Å². The second-order valence-corrected chi connectivity index (χ2v) is 6.68. The Bertz CT molecular complexity index is 1220. The zero-order chi connectivity index (χ0) is 20.0. The molecule has 1 aliphatic heterocycles. The van der Waals surface area contributed by atoms with Gasteiger partial charge in [0, 0.05) is 26.2 Å². The Hall–Kier alpha value is -3.40. The van der Waals surface area contributed by atoms with E-state index in [1.807, 2.05) is 0 Å². The van der Waals surface area contributed by atoms with Gasteiger partial charge in [0.2, 0.25) is 0 Å². The number of ether oxygens (including phenoxy) is 1. The fourth-order valence-corrected chi connectivity index (χ4v) is 3.63. The summed E-state index contributed by atoms with van der Waals surface area (Å²) in [5.41, 5.74) is 0.228. The molecule has 1 N–H and O–H groups in total. The molecule has 0 unspecified atom stereocenters. The van der Waals surface area contributed by atoms with Crippen molar-refractivity contribution in [2.24, 2.45) is 0 Å². The predicted octanol–water partition coefficient (Wildman–Crippen LogP) is 2.04. The number of rotatable bonds is 3. The number of aromatic nitrogens is 5. The van der Waals surface area contributed by atoms with E-state index in [0.717, 1.165) is 26.2 Å². The van der Waals surface area contributed by atoms with Gasteiger partial charge in [-0.3, -0.25) is 0 Å². The molecule has 0 bridgehead atoms. The van der Waals surface area contributed by atoms with Gasteiger partial charge in [-0.1, -0.05) is 6.07 Å². The Labute approximate surface area is 164 Å². The molecule has 1 aromatic carbocycles. The largest absolute Gasteiger partial charge is 0.496 e. The number of pyridine rings is 1. The second-order valence-electron chi connectivity index (χ2n) is 6.68. The Morgan fingerprint density at radius 3 is 2.72 bits per heavy atom. The summed E-state index contributed by atoms with van der Waals surface area (Å²) in [4.78, 5) is 11.1. The third kappa shape index (κ3) is 2.83. The lowest BCUT2D eigenvalue weighted by Crippen LogP contribution is -2.44. The quantitative estimate of drug-likeness (QED) is 0.567. The first-order chi connectivity index (χ1) is 14.2. The molecule has 0 aliphatic carbocycles. The standard InChI is InChI=1S/C19H17F2N7O/c1-29-14-4-2-3-12(20)15(14)16-13(21)9-11-17(27-7-5-22-6-8-27)25-19-26-23-10-28(19)18(11)24-16/h2-4,9-10,22H,5-8H2,1H3. The van der Waals surface area contributed by atoms with Crippen LogP contribution in [0.15, 0.2) is 30.6 Å². The van der Waals surface area contributed by atoms with Gasteiger partial charge in [-0.15, -0.1) is 10.2 Å². The van der Waals surface area contributed by atoms with E-state index in [9.17, 15) is 4.39 Å². The van der Waals surface area contributed by atoms with Crippen molar-refractivity contribution < 1.29 is 13.5 Å². The van der Waals surface area contributed by atoms with E-state index in [1.165, 1.54) is 31.6 Å². The number of anilines is 1. The first kappa shape index (κ1) is 17.7. The van der Waals surface area contributed by atoms with Gasteiger partial charge in [-0.2, -0.15) is 4.98 Å². The van der Waals surface area contributed by atoms with Crippen molar-refractivity contribution in [1.29, 1.82) is 0 Å². The van der Waals surface area contributed by atoms with Gasteiger partial charge >= 0.3 is 0 Å². The van der Waals surface area contributed by atoms with Crippen LogP contribution < -0.4 is 15.0 Å². The summed E-state index contributed by atoms with van der Waals surface area (Å²) in [5.74, 6) is -0.151. The maximum atomic E-state index is 15.2. The average Bonchev–Trinajstić information content (AvgIpc) is 3.22. The summed E-state index contributed by atoms with van der Waals surface area (Å²) in [6, 6.07) is 5.65. The Morgan fingerprint density at radius 1 is 1.10 bits per heavy atom. The summed E-state index contributed by atoms with van der Waals surface area (Å²) >= 11 is 0. The summed E-state index contributed by atoms with van der Waals surface area (Å²) in [6.45, 7) is 3.02. The van der Waals surface area contributed by atoms with Crippen molar-refractivity contribution in [3.63, 3.8) is 0 Å². The van der Waals surface area contributed by atoms with Crippen molar-refractivity contribution in [1.82, 2.24) is 29.9 Å². The Morgan fingerprint density at radius 2 is 1.93 bits per heavy atom. The fraction of sp³-hybridized carbons (Fsp3) is 0.263. The van der Waals surface area contributed by atoms with Crippen molar-refractivity contribution in [2.45, 2.75) is 0 Å². The van der Waals surface area contributed by atoms with Crippen LogP contribution in [0, 0.1) is 11.6 Å². The van der Waals surface area contributed by atoms with Crippen molar-refractivity contribution >= 4 is 22.6 Å². The second kappa shape index (κ2) is 6.89. The van der Waals surface area contributed by atoms with Gasteiger partial charge < -0.3 is 15.0 Å². The van der Waals surface area contributed by atoms with E-state index in [2.05, 4.69) is 30.4 Å². The number of benzene rings is 1. The third-order valence-corrected chi connectivity index (χ3v) is 5.01. The minimum absolute atomic E-state index is 0.0313. The minimum atomic E-state index is -0.661. The summed E-state index contributed by atoms with van der Waals surface area (Å²) < 4.78 is 36.6. The molecule has 1 saturated heterocycles. The van der Waals surface area contributed by atoms with E-state index in [-0.39, 0.29) is 17.0 Å². The van der Waals surface area contributed by atoms with Gasteiger partial charge in [0.25, 0.3) is 5.78 Å². The molecule has 8 nitrogen and oxygen atoms in total. The lowest BCUT2D eigenvalue weighted by atomic mass is 10.1. The highest BCUT2D eigenvalue weighted by Crippen LogP contribution is 2.35. The molecule has 0 radical (unpaired) electrons. The van der Waals surface area contributed by atoms with Crippen LogP contribution in [0.5, 0.6) is 5.75 Å². The van der Waals surface area contributed by atoms with Crippen LogP contribution in [-0.4, -0.2) is 57.9 Å². The topological polar surface area (TPSA) is 80.5 Å². The minimum Gasteiger partial charge on any atom is -0.496 e. The first-order valence-electron chi connectivity index (χ1n) is 9.16. The summed E-state index contributed by atoms with van der Waals surface area (Å²) in [7, 11) is 1.40. The monoisotopic (exact) mass is 397 g/mol. The first-order valence-corrected chi connectivity index (χ1v) is 9.16. The third-order valence-electron chi connectivity index (χ3n) is 5.01. The molecule has 5 rings (SSSR count).